The van der Waals surface area contributed by atoms with Crippen LogP contribution in [-0.4, -0.2) is 74.7 Å². The predicted octanol–water partition coefficient (Wildman–Crippen LogP) is 8.09. The number of rotatable bonds is 34. The standard InChI is InChI=1S/C39H69O11P/c1-3-5-7-8-9-10-11-12-13-14-15-20-24-30-39(44)50-35(33-49-51(45,46)47)32-48-38(43)31-25-29-37(42)36(41)28-23-19-17-16-18-22-27-34(40)26-21-6-4-2/h16-19,22-23,27-28,34-37,40-42H,3-15,20-21,24-26,29-33H2,1-2H3,(H2,45,46,47)/b18-16-,19-17+,27-22+,28-23+/t34-,35-,36-,37-/m1/s1. The number of hydrogen-bond acceptors (Lipinski definition) is 9. The lowest BCUT2D eigenvalue weighted by atomic mass is 10.0. The number of carbonyl (C=O) groups is 2. The van der Waals surface area contributed by atoms with Gasteiger partial charge in [-0.25, -0.2) is 4.57 Å². The molecule has 0 saturated heterocycles. The first-order valence-electron chi connectivity index (χ1n) is 19.3. The average molecular weight is 745 g/mol. The topological polar surface area (TPSA) is 180 Å². The van der Waals surface area contributed by atoms with Crippen molar-refractivity contribution in [1.29, 1.82) is 0 Å². The second-order valence-corrected chi connectivity index (χ2v) is 14.4. The maximum absolute atomic E-state index is 12.4. The summed E-state index contributed by atoms with van der Waals surface area (Å²) in [4.78, 5) is 42.7. The maximum Gasteiger partial charge on any atom is 0.469 e. The van der Waals surface area contributed by atoms with Gasteiger partial charge in [-0.05, 0) is 25.7 Å². The lowest BCUT2D eigenvalue weighted by Crippen LogP contribution is -2.29. The number of hydrogen-bond donors (Lipinski definition) is 5. The molecule has 4 atom stereocenters. The Bertz CT molecular complexity index is 1020. The van der Waals surface area contributed by atoms with Gasteiger partial charge in [0.2, 0.25) is 0 Å². The number of ether oxygens (including phenoxy) is 2. The smallest absolute Gasteiger partial charge is 0.462 e. The third-order valence-corrected chi connectivity index (χ3v) is 8.70. The van der Waals surface area contributed by atoms with Crippen molar-refractivity contribution < 1.29 is 53.3 Å². The van der Waals surface area contributed by atoms with Crippen LogP contribution < -0.4 is 0 Å². The SMILES string of the molecule is CCCCCCCCCCCCCCCC(=O)O[C@H](COC(=O)CCC[C@@H](O)[C@H](O)/C=C/C=C/C=C\C=C\[C@H](O)CCCCC)COP(=O)(O)O. The van der Waals surface area contributed by atoms with Gasteiger partial charge in [-0.1, -0.05) is 159 Å². The summed E-state index contributed by atoms with van der Waals surface area (Å²) in [7, 11) is -4.83. The van der Waals surface area contributed by atoms with Crippen LogP contribution in [0.4, 0.5) is 0 Å². The lowest BCUT2D eigenvalue weighted by Gasteiger charge is -2.18. The zero-order valence-electron chi connectivity index (χ0n) is 31.3. The van der Waals surface area contributed by atoms with Crippen molar-refractivity contribution in [1.82, 2.24) is 0 Å². The van der Waals surface area contributed by atoms with Gasteiger partial charge in [-0.3, -0.25) is 14.1 Å². The highest BCUT2D eigenvalue weighted by Gasteiger charge is 2.23. The number of carbonyl (C=O) groups excluding carboxylic acids is 2. The van der Waals surface area contributed by atoms with Gasteiger partial charge in [0.1, 0.15) is 6.61 Å². The number of aliphatic hydroxyl groups is 3. The second-order valence-electron chi connectivity index (χ2n) is 13.1. The zero-order chi connectivity index (χ0) is 38.0. The first kappa shape index (κ1) is 48.9. The van der Waals surface area contributed by atoms with Crippen molar-refractivity contribution in [2.45, 2.75) is 173 Å². The van der Waals surface area contributed by atoms with Crippen LogP contribution in [0.3, 0.4) is 0 Å². The highest BCUT2D eigenvalue weighted by Crippen LogP contribution is 2.36. The molecule has 0 aromatic carbocycles. The molecule has 11 nitrogen and oxygen atoms in total. The van der Waals surface area contributed by atoms with Crippen LogP contribution in [0.5, 0.6) is 0 Å². The van der Waals surface area contributed by atoms with Crippen molar-refractivity contribution in [2.24, 2.45) is 0 Å². The van der Waals surface area contributed by atoms with Crippen LogP contribution in [0.15, 0.2) is 48.6 Å². The van der Waals surface area contributed by atoms with E-state index in [4.69, 9.17) is 19.3 Å². The van der Waals surface area contributed by atoms with E-state index < -0.39 is 57.4 Å². The van der Waals surface area contributed by atoms with Gasteiger partial charge < -0.3 is 34.6 Å². The van der Waals surface area contributed by atoms with Gasteiger partial charge in [0.25, 0.3) is 0 Å². The molecule has 0 saturated carbocycles. The fourth-order valence-corrected chi connectivity index (χ4v) is 5.53. The van der Waals surface area contributed by atoms with E-state index in [0.29, 0.717) is 6.42 Å². The molecule has 0 rings (SSSR count). The van der Waals surface area contributed by atoms with Crippen molar-refractivity contribution in [3.63, 3.8) is 0 Å². The van der Waals surface area contributed by atoms with Crippen molar-refractivity contribution in [3.05, 3.63) is 48.6 Å². The molecule has 51 heavy (non-hydrogen) atoms. The van der Waals surface area contributed by atoms with Crippen molar-refractivity contribution in [2.75, 3.05) is 13.2 Å². The Kier molecular flexibility index (Phi) is 32.3. The molecule has 0 aliphatic carbocycles. The molecule has 12 heteroatoms. The molecule has 0 unspecified atom stereocenters. The Morgan fingerprint density at radius 3 is 1.65 bits per heavy atom. The van der Waals surface area contributed by atoms with Crippen molar-refractivity contribution in [3.8, 4) is 0 Å². The summed E-state index contributed by atoms with van der Waals surface area (Å²) in [6.07, 6.45) is 29.2. The fourth-order valence-electron chi connectivity index (χ4n) is 5.17. The van der Waals surface area contributed by atoms with Gasteiger partial charge in [0.05, 0.1) is 24.9 Å². The van der Waals surface area contributed by atoms with Crippen LogP contribution in [0.1, 0.15) is 149 Å². The summed E-state index contributed by atoms with van der Waals surface area (Å²) < 4.78 is 26.1. The van der Waals surface area contributed by atoms with E-state index in [1.165, 1.54) is 63.9 Å². The first-order chi connectivity index (χ1) is 24.5. The predicted molar refractivity (Wildman–Crippen MR) is 202 cm³/mol. The Labute approximate surface area is 307 Å². The first-order valence-corrected chi connectivity index (χ1v) is 20.8. The Morgan fingerprint density at radius 1 is 0.588 bits per heavy atom. The normalized spacial score (nSPS) is 14.9. The minimum atomic E-state index is -4.83. The van der Waals surface area contributed by atoms with E-state index in [2.05, 4.69) is 18.4 Å². The summed E-state index contributed by atoms with van der Waals surface area (Å²) in [6, 6.07) is 0. The second kappa shape index (κ2) is 33.7. The molecule has 0 aromatic heterocycles. The highest BCUT2D eigenvalue weighted by molar-refractivity contribution is 7.46. The van der Waals surface area contributed by atoms with Crippen LogP contribution >= 0.6 is 7.82 Å². The van der Waals surface area contributed by atoms with E-state index in [0.717, 1.165) is 44.9 Å². The molecule has 0 bridgehead atoms. The van der Waals surface area contributed by atoms with Crippen LogP contribution in [-0.2, 0) is 28.2 Å². The third kappa shape index (κ3) is 34.7. The van der Waals surface area contributed by atoms with E-state index in [-0.39, 0.29) is 25.7 Å². The summed E-state index contributed by atoms with van der Waals surface area (Å²) in [5, 5.41) is 30.2. The Hall–Kier alpha value is -2.11. The van der Waals surface area contributed by atoms with Crippen LogP contribution in [0.25, 0.3) is 0 Å². The van der Waals surface area contributed by atoms with Gasteiger partial charge in [-0.15, -0.1) is 0 Å². The number of aliphatic hydroxyl groups excluding tert-OH is 3. The van der Waals surface area contributed by atoms with Gasteiger partial charge >= 0.3 is 19.8 Å². The third-order valence-electron chi connectivity index (χ3n) is 8.22. The van der Waals surface area contributed by atoms with Crippen LogP contribution in [0.2, 0.25) is 0 Å². The number of unbranched alkanes of at least 4 members (excludes halogenated alkanes) is 14. The molecule has 0 spiro atoms. The molecular formula is C39H69O11P. The molecule has 5 N–H and O–H groups in total. The maximum atomic E-state index is 12.4. The zero-order valence-corrected chi connectivity index (χ0v) is 32.2. The lowest BCUT2D eigenvalue weighted by molar-refractivity contribution is -0.161. The summed E-state index contributed by atoms with van der Waals surface area (Å²) in [6.45, 7) is 3.27. The van der Waals surface area contributed by atoms with Crippen molar-refractivity contribution >= 4 is 19.8 Å². The molecule has 0 aromatic rings. The Morgan fingerprint density at radius 2 is 1.08 bits per heavy atom. The molecule has 0 radical (unpaired) electrons. The largest absolute Gasteiger partial charge is 0.469 e. The van der Waals surface area contributed by atoms with E-state index >= 15 is 0 Å². The highest BCUT2D eigenvalue weighted by atomic mass is 31.2. The average Bonchev–Trinajstić information content (AvgIpc) is 3.08. The quantitative estimate of drug-likeness (QED) is 0.0186. The van der Waals surface area contributed by atoms with Crippen LogP contribution in [0, 0.1) is 0 Å². The molecule has 0 aliphatic heterocycles. The summed E-state index contributed by atoms with van der Waals surface area (Å²) in [5.41, 5.74) is 0. The minimum Gasteiger partial charge on any atom is -0.462 e. The molecule has 0 amide bonds. The van der Waals surface area contributed by atoms with Gasteiger partial charge in [0, 0.05) is 12.8 Å². The molecule has 0 fully saturated rings. The van der Waals surface area contributed by atoms with E-state index in [9.17, 15) is 29.5 Å². The minimum absolute atomic E-state index is 0.0853. The number of allylic oxidation sites excluding steroid dienone is 6. The van der Waals surface area contributed by atoms with E-state index in [1.54, 1.807) is 42.5 Å². The molecule has 296 valence electrons. The molecular weight excluding hydrogens is 675 g/mol. The molecule has 0 heterocycles. The monoisotopic (exact) mass is 744 g/mol. The fraction of sp³-hybridized carbons (Fsp3) is 0.744. The van der Waals surface area contributed by atoms with E-state index in [1.807, 2.05) is 0 Å². The Balaban J connectivity index is 4.32. The van der Waals surface area contributed by atoms with Gasteiger partial charge in [-0.2, -0.15) is 0 Å². The summed E-state index contributed by atoms with van der Waals surface area (Å²) >= 11 is 0. The number of phosphoric acid groups is 1. The van der Waals surface area contributed by atoms with Gasteiger partial charge in [0.15, 0.2) is 6.10 Å². The number of phosphoric ester groups is 1. The number of esters is 2. The summed E-state index contributed by atoms with van der Waals surface area (Å²) in [5.74, 6) is -1.22. The molecule has 0 aliphatic rings.